The van der Waals surface area contributed by atoms with Crippen molar-refractivity contribution < 1.29 is 5.11 Å². The molecule has 1 aromatic carbocycles. The molecule has 2 aromatic rings. The summed E-state index contributed by atoms with van der Waals surface area (Å²) in [6.45, 7) is 4.52. The van der Waals surface area contributed by atoms with Crippen molar-refractivity contribution in [1.82, 2.24) is 15.2 Å². The van der Waals surface area contributed by atoms with E-state index in [9.17, 15) is 5.11 Å². The molecular weight excluding hydrogens is 250 g/mol. The zero-order valence-electron chi connectivity index (χ0n) is 11.8. The average molecular weight is 273 g/mol. The van der Waals surface area contributed by atoms with Crippen LogP contribution in [-0.4, -0.2) is 47.3 Å². The number of nitrogens with one attached hydrogen (secondary N) is 2. The molecule has 1 aliphatic heterocycles. The maximum Gasteiger partial charge on any atom is 0.0791 e. The number of β-amino-alcohol motifs (C(OH)–C–C–N with tert-alkyl or cyclic N) is 1. The molecule has 0 spiro atoms. The van der Waals surface area contributed by atoms with Crippen LogP contribution < -0.4 is 5.32 Å². The molecule has 2 heterocycles. The first-order chi connectivity index (χ1) is 9.83. The van der Waals surface area contributed by atoms with Crippen LogP contribution in [0.15, 0.2) is 30.5 Å². The Kier molecular flexibility index (Phi) is 4.35. The minimum absolute atomic E-state index is 0.279. The zero-order valence-corrected chi connectivity index (χ0v) is 11.8. The first-order valence-electron chi connectivity index (χ1n) is 7.49. The lowest BCUT2D eigenvalue weighted by atomic mass is 10.1. The Morgan fingerprint density at radius 1 is 1.25 bits per heavy atom. The van der Waals surface area contributed by atoms with Crippen molar-refractivity contribution in [2.75, 3.05) is 26.2 Å². The van der Waals surface area contributed by atoms with Crippen LogP contribution in [0.4, 0.5) is 0 Å². The molecule has 0 aliphatic carbocycles. The van der Waals surface area contributed by atoms with Crippen molar-refractivity contribution in [2.45, 2.75) is 25.5 Å². The third-order valence-corrected chi connectivity index (χ3v) is 4.05. The van der Waals surface area contributed by atoms with E-state index in [4.69, 9.17) is 0 Å². The number of hydrogen-bond donors (Lipinski definition) is 3. The Balaban J connectivity index is 1.48. The summed E-state index contributed by atoms with van der Waals surface area (Å²) >= 11 is 0. The summed E-state index contributed by atoms with van der Waals surface area (Å²) in [5, 5.41) is 14.7. The monoisotopic (exact) mass is 273 g/mol. The molecule has 0 bridgehead atoms. The summed E-state index contributed by atoms with van der Waals surface area (Å²) < 4.78 is 0. The molecule has 20 heavy (non-hydrogen) atoms. The molecule has 0 saturated carbocycles. The van der Waals surface area contributed by atoms with E-state index >= 15 is 0 Å². The van der Waals surface area contributed by atoms with Gasteiger partial charge >= 0.3 is 0 Å². The fourth-order valence-electron chi connectivity index (χ4n) is 3.01. The molecular formula is C16H23N3O. The molecule has 1 fully saturated rings. The van der Waals surface area contributed by atoms with E-state index in [1.165, 1.54) is 29.3 Å². The van der Waals surface area contributed by atoms with Crippen LogP contribution in [-0.2, 0) is 6.54 Å². The van der Waals surface area contributed by atoms with Gasteiger partial charge in [0.1, 0.15) is 0 Å². The van der Waals surface area contributed by atoms with Crippen molar-refractivity contribution in [3.8, 4) is 0 Å². The minimum atomic E-state index is -0.279. The molecule has 1 atom stereocenters. The number of fused-ring (bicyclic) bond motifs is 1. The lowest BCUT2D eigenvalue weighted by Crippen LogP contribution is -2.36. The van der Waals surface area contributed by atoms with E-state index in [2.05, 4.69) is 39.5 Å². The van der Waals surface area contributed by atoms with E-state index in [1.807, 2.05) is 6.20 Å². The normalized spacial score (nSPS) is 17.9. The fraction of sp³-hybridized carbons (Fsp3) is 0.500. The number of rotatable bonds is 6. The summed E-state index contributed by atoms with van der Waals surface area (Å²) in [5.74, 6) is 0. The highest BCUT2D eigenvalue weighted by atomic mass is 16.3. The second-order valence-electron chi connectivity index (χ2n) is 5.65. The lowest BCUT2D eigenvalue weighted by molar-refractivity contribution is 0.123. The topological polar surface area (TPSA) is 51.3 Å². The fourth-order valence-corrected chi connectivity index (χ4v) is 3.01. The van der Waals surface area contributed by atoms with Gasteiger partial charge in [0, 0.05) is 36.7 Å². The summed E-state index contributed by atoms with van der Waals surface area (Å²) in [4.78, 5) is 5.57. The molecule has 1 saturated heterocycles. The Labute approximate surface area is 119 Å². The van der Waals surface area contributed by atoms with Gasteiger partial charge in [-0.1, -0.05) is 12.1 Å². The summed E-state index contributed by atoms with van der Waals surface area (Å²) in [6.07, 6.45) is 4.24. The largest absolute Gasteiger partial charge is 0.390 e. The molecule has 4 nitrogen and oxygen atoms in total. The number of likely N-dealkylation sites (tertiary alicyclic amines) is 1. The van der Waals surface area contributed by atoms with Gasteiger partial charge in [0.2, 0.25) is 0 Å². The maximum absolute atomic E-state index is 10.1. The van der Waals surface area contributed by atoms with Gasteiger partial charge < -0.3 is 20.3 Å². The van der Waals surface area contributed by atoms with Crippen LogP contribution in [0, 0.1) is 0 Å². The predicted molar refractivity (Wildman–Crippen MR) is 81.7 cm³/mol. The molecule has 1 unspecified atom stereocenters. The molecule has 3 N–H and O–H groups in total. The van der Waals surface area contributed by atoms with E-state index in [-0.39, 0.29) is 6.10 Å². The highest BCUT2D eigenvalue weighted by Crippen LogP contribution is 2.17. The first-order valence-corrected chi connectivity index (χ1v) is 7.49. The van der Waals surface area contributed by atoms with Gasteiger partial charge in [-0.25, -0.2) is 0 Å². The van der Waals surface area contributed by atoms with E-state index in [1.54, 1.807) is 0 Å². The quantitative estimate of drug-likeness (QED) is 0.751. The Morgan fingerprint density at radius 3 is 2.95 bits per heavy atom. The van der Waals surface area contributed by atoms with Crippen LogP contribution in [0.1, 0.15) is 18.4 Å². The summed E-state index contributed by atoms with van der Waals surface area (Å²) in [7, 11) is 0. The lowest BCUT2D eigenvalue weighted by Gasteiger charge is -2.19. The number of aliphatic hydroxyl groups excluding tert-OH is 1. The van der Waals surface area contributed by atoms with Gasteiger partial charge in [-0.2, -0.15) is 0 Å². The second kappa shape index (κ2) is 6.39. The molecule has 0 amide bonds. The molecule has 0 radical (unpaired) electrons. The number of hydrogen-bond acceptors (Lipinski definition) is 3. The summed E-state index contributed by atoms with van der Waals surface area (Å²) in [6, 6.07) is 8.39. The van der Waals surface area contributed by atoms with Crippen molar-refractivity contribution in [1.29, 1.82) is 0 Å². The zero-order chi connectivity index (χ0) is 13.8. The number of H-pyrrole nitrogens is 1. The van der Waals surface area contributed by atoms with Gasteiger partial charge in [-0.15, -0.1) is 0 Å². The van der Waals surface area contributed by atoms with Crippen LogP contribution in [0.25, 0.3) is 10.9 Å². The number of aliphatic hydroxyl groups is 1. The highest BCUT2D eigenvalue weighted by molar-refractivity contribution is 5.82. The Bertz CT molecular complexity index is 545. The third kappa shape index (κ3) is 3.20. The number of aromatic amines is 1. The van der Waals surface area contributed by atoms with Crippen molar-refractivity contribution in [3.05, 3.63) is 36.0 Å². The molecule has 1 aromatic heterocycles. The second-order valence-corrected chi connectivity index (χ2v) is 5.65. The van der Waals surface area contributed by atoms with Crippen molar-refractivity contribution in [2.24, 2.45) is 0 Å². The number of benzene rings is 1. The van der Waals surface area contributed by atoms with Crippen LogP contribution in [0.3, 0.4) is 0 Å². The number of nitrogens with zero attached hydrogens (tertiary/aromatic N) is 1. The maximum atomic E-state index is 10.1. The van der Waals surface area contributed by atoms with Gasteiger partial charge in [0.05, 0.1) is 6.10 Å². The molecule has 108 valence electrons. The molecule has 3 rings (SSSR count). The van der Waals surface area contributed by atoms with E-state index < -0.39 is 0 Å². The number of aromatic nitrogens is 1. The summed E-state index contributed by atoms with van der Waals surface area (Å²) in [5.41, 5.74) is 2.44. The van der Waals surface area contributed by atoms with Gasteiger partial charge in [0.15, 0.2) is 0 Å². The Hall–Kier alpha value is -1.36. The minimum Gasteiger partial charge on any atom is -0.390 e. The van der Waals surface area contributed by atoms with Crippen LogP contribution in [0.2, 0.25) is 0 Å². The van der Waals surface area contributed by atoms with Crippen molar-refractivity contribution in [3.63, 3.8) is 0 Å². The smallest absolute Gasteiger partial charge is 0.0791 e. The molecule has 4 heteroatoms. The Morgan fingerprint density at radius 2 is 2.10 bits per heavy atom. The van der Waals surface area contributed by atoms with E-state index in [0.717, 1.165) is 26.2 Å². The SMILES string of the molecule is OC(CNCc1cccc2[nH]ccc12)CN1CCCC1. The average Bonchev–Trinajstić information content (AvgIpc) is 3.09. The standard InChI is InChI=1S/C16H23N3O/c20-14(12-19-8-1-2-9-19)11-17-10-13-4-3-5-16-15(13)6-7-18-16/h3-7,14,17-18,20H,1-2,8-12H2. The van der Waals surface area contributed by atoms with Gasteiger partial charge in [-0.3, -0.25) is 0 Å². The van der Waals surface area contributed by atoms with Crippen molar-refractivity contribution >= 4 is 10.9 Å². The van der Waals surface area contributed by atoms with Gasteiger partial charge in [-0.05, 0) is 43.6 Å². The van der Waals surface area contributed by atoms with Crippen LogP contribution in [0.5, 0.6) is 0 Å². The third-order valence-electron chi connectivity index (χ3n) is 4.05. The highest BCUT2D eigenvalue weighted by Gasteiger charge is 2.15. The van der Waals surface area contributed by atoms with Gasteiger partial charge in [0.25, 0.3) is 0 Å². The van der Waals surface area contributed by atoms with E-state index in [0.29, 0.717) is 6.54 Å². The molecule has 1 aliphatic rings. The first kappa shape index (κ1) is 13.6. The van der Waals surface area contributed by atoms with Crippen LogP contribution >= 0.6 is 0 Å². The predicted octanol–water partition coefficient (Wildman–Crippen LogP) is 1.71.